The topological polar surface area (TPSA) is 84.5 Å². The molecule has 0 aliphatic carbocycles. The Morgan fingerprint density at radius 1 is 1.17 bits per heavy atom. The van der Waals surface area contributed by atoms with Crippen LogP contribution < -0.4 is 14.8 Å². The molecule has 0 spiro atoms. The fourth-order valence-electron chi connectivity index (χ4n) is 2.49. The summed E-state index contributed by atoms with van der Waals surface area (Å²) in [5.74, 6) is 0.315. The van der Waals surface area contributed by atoms with Crippen molar-refractivity contribution in [3.63, 3.8) is 0 Å². The molecule has 1 amide bonds. The molecule has 2 aromatic carbocycles. The molecular formula is C20H19ClN2O4S3. The van der Waals surface area contributed by atoms with Crippen LogP contribution in [-0.2, 0) is 14.8 Å². The maximum Gasteiger partial charge on any atom is 0.271 e. The van der Waals surface area contributed by atoms with Crippen LogP contribution >= 0.6 is 34.7 Å². The standard InChI is InChI=1S/C20H19ClN2O4S3/c1-13(20(24)22-17-12-14(21)5-10-18(17)27-2)29-16-8-6-15(7-9-16)23-30(25,26)19-4-3-11-28-19/h3-13,23H,1-2H3,(H,22,24). The summed E-state index contributed by atoms with van der Waals surface area (Å²) >= 11 is 8.50. The van der Waals surface area contributed by atoms with Gasteiger partial charge in [0.05, 0.1) is 18.0 Å². The molecule has 0 fully saturated rings. The number of thiophene rings is 1. The third kappa shape index (κ3) is 5.69. The SMILES string of the molecule is COc1ccc(Cl)cc1NC(=O)C(C)Sc1ccc(NS(=O)(=O)c2cccs2)cc1. The summed E-state index contributed by atoms with van der Waals surface area (Å²) in [5, 5.41) is 4.62. The van der Waals surface area contributed by atoms with Crippen molar-refractivity contribution in [1.29, 1.82) is 0 Å². The molecule has 1 heterocycles. The summed E-state index contributed by atoms with van der Waals surface area (Å²) in [7, 11) is -2.07. The van der Waals surface area contributed by atoms with Gasteiger partial charge in [0.15, 0.2) is 0 Å². The van der Waals surface area contributed by atoms with Gasteiger partial charge < -0.3 is 10.1 Å². The van der Waals surface area contributed by atoms with E-state index in [1.807, 2.05) is 0 Å². The molecule has 1 unspecified atom stereocenters. The third-order valence-corrected chi connectivity index (χ3v) is 8.09. The molecule has 10 heteroatoms. The Hall–Kier alpha value is -2.20. The van der Waals surface area contributed by atoms with Crippen LogP contribution in [0, 0.1) is 0 Å². The van der Waals surface area contributed by atoms with E-state index in [4.69, 9.17) is 16.3 Å². The fourth-order valence-corrected chi connectivity index (χ4v) is 5.58. The molecule has 3 rings (SSSR count). The number of amides is 1. The van der Waals surface area contributed by atoms with Crippen LogP contribution in [0.15, 0.2) is 69.1 Å². The van der Waals surface area contributed by atoms with Gasteiger partial charge in [0.2, 0.25) is 5.91 Å². The van der Waals surface area contributed by atoms with E-state index < -0.39 is 15.3 Å². The van der Waals surface area contributed by atoms with E-state index in [2.05, 4.69) is 10.0 Å². The Labute approximate surface area is 188 Å². The molecular weight excluding hydrogens is 464 g/mol. The Kier molecular flexibility index (Phi) is 7.30. The number of carbonyl (C=O) groups excluding carboxylic acids is 1. The first-order valence-corrected chi connectivity index (χ1v) is 12.4. The molecule has 158 valence electrons. The maximum atomic E-state index is 12.6. The Bertz CT molecular complexity index is 1120. The normalized spacial score (nSPS) is 12.2. The number of nitrogens with one attached hydrogen (secondary N) is 2. The van der Waals surface area contributed by atoms with Crippen molar-refractivity contribution < 1.29 is 17.9 Å². The predicted octanol–water partition coefficient (Wildman–Crippen LogP) is 5.33. The van der Waals surface area contributed by atoms with Gasteiger partial charge in [0.1, 0.15) is 9.96 Å². The lowest BCUT2D eigenvalue weighted by molar-refractivity contribution is -0.115. The number of hydrogen-bond acceptors (Lipinski definition) is 6. The number of hydrogen-bond donors (Lipinski definition) is 2. The lowest BCUT2D eigenvalue weighted by atomic mass is 10.3. The number of thioether (sulfide) groups is 1. The number of halogens is 1. The zero-order valence-corrected chi connectivity index (χ0v) is 19.3. The highest BCUT2D eigenvalue weighted by molar-refractivity contribution is 8.00. The van der Waals surface area contributed by atoms with Gasteiger partial charge >= 0.3 is 0 Å². The molecule has 6 nitrogen and oxygen atoms in total. The minimum absolute atomic E-state index is 0.206. The van der Waals surface area contributed by atoms with Gasteiger partial charge in [-0.1, -0.05) is 17.7 Å². The van der Waals surface area contributed by atoms with E-state index in [1.165, 1.54) is 18.9 Å². The average molecular weight is 483 g/mol. The molecule has 30 heavy (non-hydrogen) atoms. The van der Waals surface area contributed by atoms with Crippen molar-refractivity contribution >= 4 is 62.0 Å². The first-order chi connectivity index (χ1) is 14.3. The van der Waals surface area contributed by atoms with Gasteiger partial charge in [-0.3, -0.25) is 9.52 Å². The summed E-state index contributed by atoms with van der Waals surface area (Å²) in [6, 6.07) is 15.1. The van der Waals surface area contributed by atoms with Crippen molar-refractivity contribution in [2.75, 3.05) is 17.1 Å². The molecule has 0 radical (unpaired) electrons. The van der Waals surface area contributed by atoms with E-state index in [9.17, 15) is 13.2 Å². The summed E-state index contributed by atoms with van der Waals surface area (Å²) in [4.78, 5) is 13.4. The zero-order chi connectivity index (χ0) is 21.7. The van der Waals surface area contributed by atoms with Gasteiger partial charge in [-0.15, -0.1) is 23.1 Å². The molecule has 0 saturated heterocycles. The summed E-state index contributed by atoms with van der Waals surface area (Å²) in [6.07, 6.45) is 0. The van der Waals surface area contributed by atoms with Gasteiger partial charge in [-0.25, -0.2) is 8.42 Å². The third-order valence-electron chi connectivity index (χ3n) is 3.97. The lowest BCUT2D eigenvalue weighted by Crippen LogP contribution is -2.22. The molecule has 0 aliphatic heterocycles. The van der Waals surface area contributed by atoms with E-state index >= 15 is 0 Å². The van der Waals surface area contributed by atoms with Crippen LogP contribution in [0.4, 0.5) is 11.4 Å². The molecule has 1 atom stereocenters. The number of ether oxygens (including phenoxy) is 1. The van der Waals surface area contributed by atoms with Crippen molar-refractivity contribution in [1.82, 2.24) is 0 Å². The van der Waals surface area contributed by atoms with Crippen molar-refractivity contribution in [3.8, 4) is 5.75 Å². The average Bonchev–Trinajstić information content (AvgIpc) is 3.25. The van der Waals surface area contributed by atoms with Gasteiger partial charge in [-0.05, 0) is 60.8 Å². The van der Waals surface area contributed by atoms with E-state index in [0.717, 1.165) is 16.2 Å². The number of sulfonamides is 1. The minimum atomic E-state index is -3.59. The van der Waals surface area contributed by atoms with E-state index in [0.29, 0.717) is 22.1 Å². The van der Waals surface area contributed by atoms with Crippen LogP contribution in [-0.4, -0.2) is 26.7 Å². The number of rotatable bonds is 8. The van der Waals surface area contributed by atoms with Crippen molar-refractivity contribution in [2.45, 2.75) is 21.3 Å². The highest BCUT2D eigenvalue weighted by Crippen LogP contribution is 2.30. The fraction of sp³-hybridized carbons (Fsp3) is 0.150. The van der Waals surface area contributed by atoms with Gasteiger partial charge in [0, 0.05) is 15.6 Å². The molecule has 1 aromatic heterocycles. The monoisotopic (exact) mass is 482 g/mol. The maximum absolute atomic E-state index is 12.6. The molecule has 0 aliphatic rings. The quantitative estimate of drug-likeness (QED) is 0.424. The second kappa shape index (κ2) is 9.74. The van der Waals surface area contributed by atoms with Gasteiger partial charge in [0.25, 0.3) is 10.0 Å². The van der Waals surface area contributed by atoms with Crippen LogP contribution in [0.5, 0.6) is 5.75 Å². The summed E-state index contributed by atoms with van der Waals surface area (Å²) < 4.78 is 32.6. The van der Waals surface area contributed by atoms with E-state index in [1.54, 1.807) is 66.9 Å². The molecule has 0 saturated carbocycles. The smallest absolute Gasteiger partial charge is 0.271 e. The molecule has 0 bridgehead atoms. The molecule has 3 aromatic rings. The Morgan fingerprint density at radius 2 is 1.90 bits per heavy atom. The van der Waals surface area contributed by atoms with Crippen molar-refractivity contribution in [3.05, 3.63) is 65.0 Å². The molecule has 2 N–H and O–H groups in total. The highest BCUT2D eigenvalue weighted by Gasteiger charge is 2.18. The van der Waals surface area contributed by atoms with Crippen LogP contribution in [0.1, 0.15) is 6.92 Å². The van der Waals surface area contributed by atoms with Crippen molar-refractivity contribution in [2.24, 2.45) is 0 Å². The highest BCUT2D eigenvalue weighted by atomic mass is 35.5. The Morgan fingerprint density at radius 3 is 2.53 bits per heavy atom. The van der Waals surface area contributed by atoms with E-state index in [-0.39, 0.29) is 10.1 Å². The van der Waals surface area contributed by atoms with Crippen LogP contribution in [0.25, 0.3) is 0 Å². The second-order valence-corrected chi connectivity index (χ2v) is 10.9. The number of methoxy groups -OCH3 is 1. The largest absolute Gasteiger partial charge is 0.495 e. The number of anilines is 2. The predicted molar refractivity (Wildman–Crippen MR) is 124 cm³/mol. The number of carbonyl (C=O) groups is 1. The van der Waals surface area contributed by atoms with Crippen LogP contribution in [0.2, 0.25) is 5.02 Å². The second-order valence-electron chi connectivity index (χ2n) is 6.16. The zero-order valence-electron chi connectivity index (χ0n) is 16.1. The number of benzene rings is 2. The summed E-state index contributed by atoms with van der Waals surface area (Å²) in [6.45, 7) is 1.78. The minimum Gasteiger partial charge on any atom is -0.495 e. The summed E-state index contributed by atoms with van der Waals surface area (Å²) in [5.41, 5.74) is 0.953. The lowest BCUT2D eigenvalue weighted by Gasteiger charge is -2.15. The van der Waals surface area contributed by atoms with Crippen LogP contribution in [0.3, 0.4) is 0 Å². The Balaban J connectivity index is 1.62. The van der Waals surface area contributed by atoms with Gasteiger partial charge in [-0.2, -0.15) is 0 Å². The first-order valence-electron chi connectivity index (χ1n) is 8.76. The first kappa shape index (κ1) is 22.5.